The molecule has 0 bridgehead atoms. The van der Waals surface area contributed by atoms with Crippen LogP contribution in [0.2, 0.25) is 0 Å². The summed E-state index contributed by atoms with van der Waals surface area (Å²) in [6, 6.07) is 23.4. The highest BCUT2D eigenvalue weighted by Gasteiger charge is 2.07. The summed E-state index contributed by atoms with van der Waals surface area (Å²) in [6.45, 7) is 0. The maximum Gasteiger partial charge on any atom is 0.343 e. The summed E-state index contributed by atoms with van der Waals surface area (Å²) in [6.07, 6.45) is 1.73. The summed E-state index contributed by atoms with van der Waals surface area (Å²) in [5, 5.41) is 10.7. The van der Waals surface area contributed by atoms with Crippen molar-refractivity contribution in [1.29, 1.82) is 5.26 Å². The van der Waals surface area contributed by atoms with Crippen LogP contribution >= 0.6 is 11.8 Å². The highest BCUT2D eigenvalue weighted by Crippen LogP contribution is 2.21. The highest BCUT2D eigenvalue weighted by molar-refractivity contribution is 8.03. The number of nitriles is 1. The maximum absolute atomic E-state index is 12.0. The summed E-state index contributed by atoms with van der Waals surface area (Å²) < 4.78 is 5.34. The molecule has 0 fully saturated rings. The molecule has 0 aliphatic rings. The first-order valence-corrected chi connectivity index (χ1v) is 8.63. The quantitative estimate of drug-likeness (QED) is 0.206. The van der Waals surface area contributed by atoms with Crippen LogP contribution in [0.5, 0.6) is 5.75 Å². The Morgan fingerprint density at radius 2 is 1.65 bits per heavy atom. The minimum atomic E-state index is -0.387. The molecular weight excluding hydrogens is 344 g/mol. The van der Waals surface area contributed by atoms with Gasteiger partial charge < -0.3 is 4.74 Å². The molecule has 0 unspecified atom stereocenters. The molecule has 26 heavy (non-hydrogen) atoms. The molecule has 0 N–H and O–H groups in total. The van der Waals surface area contributed by atoms with E-state index in [0.717, 1.165) is 27.9 Å². The lowest BCUT2D eigenvalue weighted by Crippen LogP contribution is -2.07. The molecule has 4 nitrogen and oxygen atoms in total. The van der Waals surface area contributed by atoms with Crippen molar-refractivity contribution in [3.8, 4) is 11.2 Å². The van der Waals surface area contributed by atoms with Crippen LogP contribution in [-0.4, -0.2) is 12.2 Å². The van der Waals surface area contributed by atoms with Crippen LogP contribution in [0.15, 0.2) is 88.8 Å². The monoisotopic (exact) mass is 358 g/mol. The Morgan fingerprint density at radius 1 is 0.962 bits per heavy atom. The van der Waals surface area contributed by atoms with Gasteiger partial charge in [-0.2, -0.15) is 5.26 Å². The van der Waals surface area contributed by atoms with Gasteiger partial charge in [-0.3, -0.25) is 4.99 Å². The van der Waals surface area contributed by atoms with Gasteiger partial charge in [0.05, 0.1) is 11.3 Å². The van der Waals surface area contributed by atoms with Crippen molar-refractivity contribution in [2.45, 2.75) is 4.90 Å². The lowest BCUT2D eigenvalue weighted by molar-refractivity contribution is 0.0735. The predicted octanol–water partition coefficient (Wildman–Crippen LogP) is 5.23. The first-order valence-electron chi connectivity index (χ1n) is 7.82. The molecule has 3 aromatic carbocycles. The average Bonchev–Trinajstić information content (AvgIpc) is 2.69. The van der Waals surface area contributed by atoms with Gasteiger partial charge in [-0.15, -0.1) is 0 Å². The van der Waals surface area contributed by atoms with Crippen LogP contribution in [-0.2, 0) is 0 Å². The van der Waals surface area contributed by atoms with E-state index in [0.29, 0.717) is 11.3 Å². The predicted molar refractivity (Wildman–Crippen MR) is 103 cm³/mol. The van der Waals surface area contributed by atoms with Crippen LogP contribution in [0.1, 0.15) is 15.9 Å². The Kier molecular flexibility index (Phi) is 5.81. The number of ether oxygens (including phenoxy) is 1. The second-order valence-corrected chi connectivity index (χ2v) is 6.13. The number of carbonyl (C=O) groups is 1. The van der Waals surface area contributed by atoms with Gasteiger partial charge in [-0.25, -0.2) is 4.79 Å². The number of hydrogen-bond acceptors (Lipinski definition) is 5. The van der Waals surface area contributed by atoms with Crippen molar-refractivity contribution in [3.05, 3.63) is 90.0 Å². The molecular formula is C21H14N2O2S. The van der Waals surface area contributed by atoms with E-state index in [1.54, 1.807) is 42.6 Å². The molecule has 3 aromatic rings. The number of thioether (sulfide) groups is 1. The Labute approximate surface area is 155 Å². The molecule has 0 atom stereocenters. The zero-order chi connectivity index (χ0) is 18.2. The van der Waals surface area contributed by atoms with Gasteiger partial charge in [0.2, 0.25) is 0 Å². The van der Waals surface area contributed by atoms with Crippen molar-refractivity contribution in [1.82, 2.24) is 0 Å². The van der Waals surface area contributed by atoms with E-state index < -0.39 is 0 Å². The van der Waals surface area contributed by atoms with E-state index in [4.69, 9.17) is 10.00 Å². The zero-order valence-corrected chi connectivity index (χ0v) is 14.5. The lowest BCUT2D eigenvalue weighted by Gasteiger charge is -2.04. The Bertz CT molecular complexity index is 944. The summed E-state index contributed by atoms with van der Waals surface area (Å²) in [4.78, 5) is 17.3. The standard InChI is InChI=1S/C21H14N2O2S/c22-15-26-20-12-8-18(9-13-20)23-14-16-6-10-19(11-7-16)25-21(24)17-4-2-1-3-5-17/h1-14H. The molecule has 0 radical (unpaired) electrons. The molecule has 126 valence electrons. The van der Waals surface area contributed by atoms with Gasteiger partial charge in [-0.1, -0.05) is 18.2 Å². The number of hydrogen-bond donors (Lipinski definition) is 0. The third-order valence-electron chi connectivity index (χ3n) is 3.46. The summed E-state index contributed by atoms with van der Waals surface area (Å²) >= 11 is 1.12. The van der Waals surface area contributed by atoms with E-state index in [1.807, 2.05) is 47.9 Å². The first kappa shape index (κ1) is 17.5. The Hall–Kier alpha value is -3.36. The maximum atomic E-state index is 12.0. The topological polar surface area (TPSA) is 62.4 Å². The van der Waals surface area contributed by atoms with E-state index >= 15 is 0 Å². The van der Waals surface area contributed by atoms with Gasteiger partial charge in [0, 0.05) is 11.1 Å². The van der Waals surface area contributed by atoms with Crippen LogP contribution in [0.4, 0.5) is 5.69 Å². The fourth-order valence-corrected chi connectivity index (χ4v) is 2.54. The molecule has 0 saturated heterocycles. The van der Waals surface area contributed by atoms with Crippen molar-refractivity contribution in [3.63, 3.8) is 0 Å². The Morgan fingerprint density at radius 3 is 2.31 bits per heavy atom. The number of esters is 1. The number of thiocyanates is 1. The van der Waals surface area contributed by atoms with Crippen LogP contribution < -0.4 is 4.74 Å². The summed E-state index contributed by atoms with van der Waals surface area (Å²) in [5.41, 5.74) is 2.20. The van der Waals surface area contributed by atoms with Gasteiger partial charge in [-0.05, 0) is 78.0 Å². The molecule has 5 heteroatoms. The fourth-order valence-electron chi connectivity index (χ4n) is 2.16. The van der Waals surface area contributed by atoms with Crippen LogP contribution in [0, 0.1) is 10.7 Å². The summed E-state index contributed by atoms with van der Waals surface area (Å²) in [7, 11) is 0. The second-order valence-electron chi connectivity index (χ2n) is 5.27. The van der Waals surface area contributed by atoms with Crippen LogP contribution in [0.3, 0.4) is 0 Å². The van der Waals surface area contributed by atoms with Gasteiger partial charge in [0.1, 0.15) is 11.2 Å². The molecule has 0 aliphatic carbocycles. The largest absolute Gasteiger partial charge is 0.423 e. The van der Waals surface area contributed by atoms with Gasteiger partial charge in [0.25, 0.3) is 0 Å². The average molecular weight is 358 g/mol. The number of nitrogens with zero attached hydrogens (tertiary/aromatic N) is 2. The number of aliphatic imine (C=N–C) groups is 1. The lowest BCUT2D eigenvalue weighted by atomic mass is 10.2. The molecule has 0 heterocycles. The van der Waals surface area contributed by atoms with Crippen molar-refractivity contribution in [2.75, 3.05) is 0 Å². The molecule has 3 rings (SSSR count). The molecule has 0 saturated carbocycles. The molecule has 0 aliphatic heterocycles. The number of benzene rings is 3. The smallest absolute Gasteiger partial charge is 0.343 e. The van der Waals surface area contributed by atoms with Crippen molar-refractivity contribution in [2.24, 2.45) is 4.99 Å². The van der Waals surface area contributed by atoms with E-state index in [2.05, 4.69) is 4.99 Å². The summed E-state index contributed by atoms with van der Waals surface area (Å²) in [5.74, 6) is 0.0937. The van der Waals surface area contributed by atoms with E-state index in [1.165, 1.54) is 0 Å². The minimum Gasteiger partial charge on any atom is -0.423 e. The SMILES string of the molecule is N#CSc1ccc(N=Cc2ccc(OC(=O)c3ccccc3)cc2)cc1. The molecule has 0 aromatic heterocycles. The van der Waals surface area contributed by atoms with Crippen LogP contribution in [0.25, 0.3) is 0 Å². The molecule has 0 amide bonds. The van der Waals surface area contributed by atoms with E-state index in [9.17, 15) is 4.79 Å². The molecule has 0 spiro atoms. The van der Waals surface area contributed by atoms with Crippen molar-refractivity contribution >= 4 is 29.6 Å². The number of carbonyl (C=O) groups excluding carboxylic acids is 1. The third kappa shape index (κ3) is 4.82. The Balaban J connectivity index is 1.62. The first-order chi connectivity index (χ1) is 12.7. The van der Waals surface area contributed by atoms with Gasteiger partial charge >= 0.3 is 5.97 Å². The fraction of sp³-hybridized carbons (Fsp3) is 0. The van der Waals surface area contributed by atoms with Gasteiger partial charge in [0.15, 0.2) is 0 Å². The zero-order valence-electron chi connectivity index (χ0n) is 13.7. The van der Waals surface area contributed by atoms with Crippen molar-refractivity contribution < 1.29 is 9.53 Å². The highest BCUT2D eigenvalue weighted by atomic mass is 32.2. The number of rotatable bonds is 5. The normalized spacial score (nSPS) is 10.4. The minimum absolute atomic E-state index is 0.387. The second kappa shape index (κ2) is 8.65. The third-order valence-corrected chi connectivity index (χ3v) is 4.06. The van der Waals surface area contributed by atoms with E-state index in [-0.39, 0.29) is 5.97 Å².